The van der Waals surface area contributed by atoms with E-state index in [9.17, 15) is 9.59 Å². The predicted molar refractivity (Wildman–Crippen MR) is 105 cm³/mol. The second-order valence-electron chi connectivity index (χ2n) is 6.62. The molecule has 0 radical (unpaired) electrons. The average molecular weight is 348 g/mol. The summed E-state index contributed by atoms with van der Waals surface area (Å²) in [6, 6.07) is 19.1. The topological polar surface area (TPSA) is 40.6 Å². The maximum atomic E-state index is 13.1. The SMILES string of the molecule is CN(C(=O)C1CC=CCC1C(=O)N(C)c1ccccc1)c1ccccc1. The highest BCUT2D eigenvalue weighted by atomic mass is 16.2. The zero-order chi connectivity index (χ0) is 18.5. The van der Waals surface area contributed by atoms with Crippen LogP contribution < -0.4 is 9.80 Å². The number of para-hydroxylation sites is 2. The average Bonchev–Trinajstić information content (AvgIpc) is 2.73. The number of allylic oxidation sites excluding steroid dienone is 2. The first-order valence-corrected chi connectivity index (χ1v) is 8.90. The zero-order valence-corrected chi connectivity index (χ0v) is 15.2. The van der Waals surface area contributed by atoms with E-state index in [0.717, 1.165) is 11.4 Å². The lowest BCUT2D eigenvalue weighted by atomic mass is 9.81. The molecule has 0 N–H and O–H groups in total. The molecule has 1 aliphatic rings. The number of carbonyl (C=O) groups is 2. The summed E-state index contributed by atoms with van der Waals surface area (Å²) in [5.74, 6) is -0.714. The van der Waals surface area contributed by atoms with Crippen LogP contribution >= 0.6 is 0 Å². The van der Waals surface area contributed by atoms with E-state index >= 15 is 0 Å². The van der Waals surface area contributed by atoms with Crippen molar-refractivity contribution >= 4 is 23.2 Å². The highest BCUT2D eigenvalue weighted by Crippen LogP contribution is 2.31. The molecule has 0 spiro atoms. The Bertz CT molecular complexity index is 719. The molecule has 0 fully saturated rings. The molecule has 4 nitrogen and oxygen atoms in total. The number of nitrogens with zero attached hydrogens (tertiary/aromatic N) is 2. The smallest absolute Gasteiger partial charge is 0.230 e. The van der Waals surface area contributed by atoms with Crippen LogP contribution in [0.4, 0.5) is 11.4 Å². The molecule has 0 aromatic heterocycles. The minimum Gasteiger partial charge on any atom is -0.315 e. The van der Waals surface area contributed by atoms with Crippen LogP contribution in [0.3, 0.4) is 0 Å². The minimum atomic E-state index is -0.344. The molecule has 2 unspecified atom stereocenters. The standard InChI is InChI=1S/C22H24N2O2/c1-23(17-11-5-3-6-12-17)21(25)19-15-9-10-16-20(19)22(26)24(2)18-13-7-4-8-14-18/h3-14,19-20H,15-16H2,1-2H3. The van der Waals surface area contributed by atoms with Gasteiger partial charge in [-0.2, -0.15) is 0 Å². The third-order valence-electron chi connectivity index (χ3n) is 5.01. The number of anilines is 2. The zero-order valence-electron chi connectivity index (χ0n) is 15.2. The van der Waals surface area contributed by atoms with Gasteiger partial charge in [-0.15, -0.1) is 0 Å². The minimum absolute atomic E-state index is 0.0136. The van der Waals surface area contributed by atoms with Crippen molar-refractivity contribution in [2.24, 2.45) is 11.8 Å². The molecule has 1 aliphatic carbocycles. The number of rotatable bonds is 4. The quantitative estimate of drug-likeness (QED) is 0.787. The maximum absolute atomic E-state index is 13.1. The van der Waals surface area contributed by atoms with Crippen LogP contribution in [-0.2, 0) is 9.59 Å². The molecule has 3 rings (SSSR count). The fourth-order valence-electron chi connectivity index (χ4n) is 3.42. The van der Waals surface area contributed by atoms with E-state index in [1.807, 2.05) is 72.8 Å². The Balaban J connectivity index is 1.80. The molecule has 2 atom stereocenters. The van der Waals surface area contributed by atoms with E-state index in [-0.39, 0.29) is 23.7 Å². The lowest BCUT2D eigenvalue weighted by Gasteiger charge is -2.32. The number of amides is 2. The first-order chi connectivity index (χ1) is 12.6. The first-order valence-electron chi connectivity index (χ1n) is 8.90. The van der Waals surface area contributed by atoms with Crippen molar-refractivity contribution < 1.29 is 9.59 Å². The molecule has 2 aromatic rings. The van der Waals surface area contributed by atoms with E-state index in [4.69, 9.17) is 0 Å². The molecule has 134 valence electrons. The Morgan fingerprint density at radius 2 is 1.04 bits per heavy atom. The van der Waals surface area contributed by atoms with Crippen molar-refractivity contribution in [2.45, 2.75) is 12.8 Å². The van der Waals surface area contributed by atoms with E-state index in [2.05, 4.69) is 0 Å². The monoisotopic (exact) mass is 348 g/mol. The molecule has 2 amide bonds. The molecule has 2 aromatic carbocycles. The highest BCUT2D eigenvalue weighted by molar-refractivity contribution is 6.01. The number of carbonyl (C=O) groups excluding carboxylic acids is 2. The summed E-state index contributed by atoms with van der Waals surface area (Å²) >= 11 is 0. The van der Waals surface area contributed by atoms with Crippen molar-refractivity contribution in [2.75, 3.05) is 23.9 Å². The Kier molecular flexibility index (Phi) is 5.52. The fourth-order valence-corrected chi connectivity index (χ4v) is 3.42. The van der Waals surface area contributed by atoms with Crippen LogP contribution in [0.2, 0.25) is 0 Å². The lowest BCUT2D eigenvalue weighted by Crippen LogP contribution is -2.44. The molecule has 0 heterocycles. The molecule has 0 saturated carbocycles. The number of hydrogen-bond acceptors (Lipinski definition) is 2. The molecule has 0 aliphatic heterocycles. The Labute approximate surface area is 154 Å². The Morgan fingerprint density at radius 1 is 0.692 bits per heavy atom. The third-order valence-corrected chi connectivity index (χ3v) is 5.01. The summed E-state index contributed by atoms with van der Waals surface area (Å²) in [7, 11) is 3.55. The molecular formula is C22H24N2O2. The van der Waals surface area contributed by atoms with Crippen molar-refractivity contribution in [3.8, 4) is 0 Å². The van der Waals surface area contributed by atoms with Crippen molar-refractivity contribution in [3.63, 3.8) is 0 Å². The largest absolute Gasteiger partial charge is 0.315 e. The molecule has 0 saturated heterocycles. The molecule has 4 heteroatoms. The van der Waals surface area contributed by atoms with Gasteiger partial charge < -0.3 is 9.80 Å². The van der Waals surface area contributed by atoms with Crippen LogP contribution in [0.1, 0.15) is 12.8 Å². The summed E-state index contributed by atoms with van der Waals surface area (Å²) in [5, 5.41) is 0. The Hall–Kier alpha value is -2.88. The van der Waals surface area contributed by atoms with Gasteiger partial charge in [0.2, 0.25) is 11.8 Å². The highest BCUT2D eigenvalue weighted by Gasteiger charge is 2.37. The van der Waals surface area contributed by atoms with Crippen molar-refractivity contribution in [3.05, 3.63) is 72.8 Å². The summed E-state index contributed by atoms with van der Waals surface area (Å²) < 4.78 is 0. The second kappa shape index (κ2) is 8.00. The molecule has 26 heavy (non-hydrogen) atoms. The van der Waals surface area contributed by atoms with Gasteiger partial charge >= 0.3 is 0 Å². The van der Waals surface area contributed by atoms with Gasteiger partial charge in [0.25, 0.3) is 0 Å². The first kappa shape index (κ1) is 17.9. The van der Waals surface area contributed by atoms with Gasteiger partial charge in [0.15, 0.2) is 0 Å². The summed E-state index contributed by atoms with van der Waals surface area (Å²) in [6.07, 6.45) is 5.20. The van der Waals surface area contributed by atoms with Crippen molar-refractivity contribution in [1.82, 2.24) is 0 Å². The lowest BCUT2D eigenvalue weighted by molar-refractivity contribution is -0.131. The van der Waals surface area contributed by atoms with E-state index in [1.54, 1.807) is 23.9 Å². The van der Waals surface area contributed by atoms with Crippen LogP contribution in [0.5, 0.6) is 0 Å². The van der Waals surface area contributed by atoms with Gasteiger partial charge in [-0.3, -0.25) is 9.59 Å². The Morgan fingerprint density at radius 3 is 1.38 bits per heavy atom. The fraction of sp³-hybridized carbons (Fsp3) is 0.273. The normalized spacial score (nSPS) is 19.0. The second-order valence-corrected chi connectivity index (χ2v) is 6.62. The maximum Gasteiger partial charge on any atom is 0.230 e. The van der Waals surface area contributed by atoms with Gasteiger partial charge in [0, 0.05) is 25.5 Å². The van der Waals surface area contributed by atoms with Gasteiger partial charge in [-0.25, -0.2) is 0 Å². The van der Waals surface area contributed by atoms with Crippen LogP contribution in [0.15, 0.2) is 72.8 Å². The summed E-state index contributed by atoms with van der Waals surface area (Å²) in [5.41, 5.74) is 1.68. The van der Waals surface area contributed by atoms with Gasteiger partial charge in [0.05, 0.1) is 11.8 Å². The summed E-state index contributed by atoms with van der Waals surface area (Å²) in [4.78, 5) is 29.5. The number of hydrogen-bond donors (Lipinski definition) is 0. The van der Waals surface area contributed by atoms with Gasteiger partial charge in [-0.1, -0.05) is 48.6 Å². The predicted octanol–water partition coefficient (Wildman–Crippen LogP) is 3.89. The number of benzene rings is 2. The molecule has 0 bridgehead atoms. The van der Waals surface area contributed by atoms with E-state index in [1.165, 1.54) is 0 Å². The van der Waals surface area contributed by atoms with Crippen LogP contribution in [0, 0.1) is 11.8 Å². The van der Waals surface area contributed by atoms with Crippen LogP contribution in [-0.4, -0.2) is 25.9 Å². The van der Waals surface area contributed by atoms with Gasteiger partial charge in [0.1, 0.15) is 0 Å². The van der Waals surface area contributed by atoms with E-state index in [0.29, 0.717) is 12.8 Å². The van der Waals surface area contributed by atoms with Crippen molar-refractivity contribution in [1.29, 1.82) is 0 Å². The van der Waals surface area contributed by atoms with Gasteiger partial charge in [-0.05, 0) is 37.1 Å². The van der Waals surface area contributed by atoms with E-state index < -0.39 is 0 Å². The summed E-state index contributed by atoms with van der Waals surface area (Å²) in [6.45, 7) is 0. The van der Waals surface area contributed by atoms with Crippen LogP contribution in [0.25, 0.3) is 0 Å². The molecular weight excluding hydrogens is 324 g/mol. The third kappa shape index (κ3) is 3.69.